The van der Waals surface area contributed by atoms with E-state index in [4.69, 9.17) is 5.73 Å². The molecule has 0 heterocycles. The summed E-state index contributed by atoms with van der Waals surface area (Å²) in [5.41, 5.74) is 5.74. The van der Waals surface area contributed by atoms with E-state index in [1.165, 1.54) is 83.8 Å². The van der Waals surface area contributed by atoms with E-state index in [0.29, 0.717) is 0 Å². The Morgan fingerprint density at radius 3 is 2.20 bits per heavy atom. The molecule has 0 bridgehead atoms. The molecule has 3 heteroatoms. The first kappa shape index (κ1) is 16.3. The van der Waals surface area contributed by atoms with Gasteiger partial charge in [-0.2, -0.15) is 0 Å². The highest BCUT2D eigenvalue weighted by Gasteiger charge is 2.19. The summed E-state index contributed by atoms with van der Waals surface area (Å²) in [6, 6.07) is 0.815. The zero-order valence-electron chi connectivity index (χ0n) is 13.2. The molecule has 0 saturated heterocycles. The lowest BCUT2D eigenvalue weighted by Crippen LogP contribution is -2.34. The van der Waals surface area contributed by atoms with E-state index in [1.54, 1.807) is 0 Å². The topological polar surface area (TPSA) is 50.1 Å². The van der Waals surface area contributed by atoms with Crippen LogP contribution >= 0.6 is 0 Å². The van der Waals surface area contributed by atoms with Crippen molar-refractivity contribution in [1.29, 1.82) is 0 Å². The predicted molar refractivity (Wildman–Crippen MR) is 86.9 cm³/mol. The zero-order valence-corrected chi connectivity index (χ0v) is 13.2. The maximum Gasteiger partial charge on any atom is 0.00670 e. The molecule has 2 aliphatic carbocycles. The Hall–Kier alpha value is -0.120. The van der Waals surface area contributed by atoms with Crippen LogP contribution in [-0.4, -0.2) is 32.2 Å². The Labute approximate surface area is 125 Å². The largest absolute Gasteiger partial charge is 0.330 e. The molecule has 0 unspecified atom stereocenters. The van der Waals surface area contributed by atoms with Gasteiger partial charge in [0.2, 0.25) is 0 Å². The van der Waals surface area contributed by atoms with Gasteiger partial charge in [0, 0.05) is 6.04 Å². The van der Waals surface area contributed by atoms with Crippen molar-refractivity contribution in [2.24, 2.45) is 17.6 Å². The summed E-state index contributed by atoms with van der Waals surface area (Å²) in [6.45, 7) is 4.49. The fraction of sp³-hybridized carbons (Fsp3) is 1.00. The standard InChI is InChI=1S/C17H35N3/c18-13-15-7-9-16(10-8-15)14-19-11-4-12-20-17-5-2-1-3-6-17/h15-17,19-20H,1-14,18H2/t15-,16-. The van der Waals surface area contributed by atoms with Crippen molar-refractivity contribution in [3.63, 3.8) is 0 Å². The highest BCUT2D eigenvalue weighted by Crippen LogP contribution is 2.27. The van der Waals surface area contributed by atoms with E-state index >= 15 is 0 Å². The van der Waals surface area contributed by atoms with Gasteiger partial charge in [-0.1, -0.05) is 19.3 Å². The summed E-state index contributed by atoms with van der Waals surface area (Å²) in [7, 11) is 0. The van der Waals surface area contributed by atoms with Crippen LogP contribution in [0.1, 0.15) is 64.2 Å². The second-order valence-electron chi connectivity index (χ2n) is 6.97. The molecule has 2 aliphatic rings. The third-order valence-corrected chi connectivity index (χ3v) is 5.30. The SMILES string of the molecule is NC[C@H]1CC[C@H](CNCCCNC2CCCCC2)CC1. The quantitative estimate of drug-likeness (QED) is 0.600. The first-order chi connectivity index (χ1) is 9.88. The lowest BCUT2D eigenvalue weighted by molar-refractivity contribution is 0.272. The van der Waals surface area contributed by atoms with Gasteiger partial charge in [-0.15, -0.1) is 0 Å². The maximum absolute atomic E-state index is 5.74. The Morgan fingerprint density at radius 2 is 1.50 bits per heavy atom. The Morgan fingerprint density at radius 1 is 0.800 bits per heavy atom. The van der Waals surface area contributed by atoms with Crippen LogP contribution in [-0.2, 0) is 0 Å². The fourth-order valence-electron chi connectivity index (χ4n) is 3.80. The first-order valence-electron chi connectivity index (χ1n) is 9.02. The van der Waals surface area contributed by atoms with Gasteiger partial charge in [-0.05, 0) is 83.0 Å². The summed E-state index contributed by atoms with van der Waals surface area (Å²) in [5, 5.41) is 7.37. The molecular weight excluding hydrogens is 246 g/mol. The van der Waals surface area contributed by atoms with E-state index in [1.807, 2.05) is 0 Å². The van der Waals surface area contributed by atoms with Crippen molar-refractivity contribution >= 4 is 0 Å². The van der Waals surface area contributed by atoms with E-state index in [-0.39, 0.29) is 0 Å². The van der Waals surface area contributed by atoms with E-state index in [0.717, 1.165) is 24.4 Å². The predicted octanol–water partition coefficient (Wildman–Crippen LogP) is 2.65. The van der Waals surface area contributed by atoms with Crippen LogP contribution in [0.25, 0.3) is 0 Å². The molecule has 20 heavy (non-hydrogen) atoms. The fourth-order valence-corrected chi connectivity index (χ4v) is 3.80. The molecule has 0 spiro atoms. The Balaban J connectivity index is 1.40. The van der Waals surface area contributed by atoms with Gasteiger partial charge in [0.05, 0.1) is 0 Å². The van der Waals surface area contributed by atoms with Crippen molar-refractivity contribution in [3.05, 3.63) is 0 Å². The molecule has 2 fully saturated rings. The van der Waals surface area contributed by atoms with Crippen LogP contribution in [0.15, 0.2) is 0 Å². The minimum atomic E-state index is 0.811. The third kappa shape index (κ3) is 6.11. The first-order valence-corrected chi connectivity index (χ1v) is 9.02. The van der Waals surface area contributed by atoms with Gasteiger partial charge < -0.3 is 16.4 Å². The molecular formula is C17H35N3. The number of hydrogen-bond acceptors (Lipinski definition) is 3. The normalized spacial score (nSPS) is 28.6. The van der Waals surface area contributed by atoms with Crippen molar-refractivity contribution < 1.29 is 0 Å². The summed E-state index contributed by atoms with van der Waals surface area (Å²) >= 11 is 0. The number of rotatable bonds is 8. The van der Waals surface area contributed by atoms with Crippen LogP contribution in [0.2, 0.25) is 0 Å². The second kappa shape index (κ2) is 9.75. The number of nitrogens with two attached hydrogens (primary N) is 1. The van der Waals surface area contributed by atoms with Crippen LogP contribution in [0.5, 0.6) is 0 Å². The molecule has 4 N–H and O–H groups in total. The van der Waals surface area contributed by atoms with Crippen molar-refractivity contribution in [2.75, 3.05) is 26.2 Å². The van der Waals surface area contributed by atoms with Crippen LogP contribution in [0.3, 0.4) is 0 Å². The lowest BCUT2D eigenvalue weighted by Gasteiger charge is -2.27. The van der Waals surface area contributed by atoms with Gasteiger partial charge in [0.1, 0.15) is 0 Å². The van der Waals surface area contributed by atoms with Gasteiger partial charge in [0.25, 0.3) is 0 Å². The molecule has 0 amide bonds. The summed E-state index contributed by atoms with van der Waals surface area (Å²) in [5.74, 6) is 1.72. The van der Waals surface area contributed by atoms with E-state index < -0.39 is 0 Å². The van der Waals surface area contributed by atoms with Gasteiger partial charge in [0.15, 0.2) is 0 Å². The molecule has 3 nitrogen and oxygen atoms in total. The van der Waals surface area contributed by atoms with E-state index in [9.17, 15) is 0 Å². The van der Waals surface area contributed by atoms with Crippen molar-refractivity contribution in [2.45, 2.75) is 70.3 Å². The highest BCUT2D eigenvalue weighted by atomic mass is 14.9. The second-order valence-corrected chi connectivity index (χ2v) is 6.97. The van der Waals surface area contributed by atoms with Crippen LogP contribution < -0.4 is 16.4 Å². The monoisotopic (exact) mass is 281 g/mol. The zero-order chi connectivity index (χ0) is 14.0. The molecule has 0 aromatic rings. The minimum absolute atomic E-state index is 0.811. The highest BCUT2D eigenvalue weighted by molar-refractivity contribution is 4.75. The third-order valence-electron chi connectivity index (χ3n) is 5.30. The molecule has 0 aliphatic heterocycles. The average molecular weight is 281 g/mol. The van der Waals surface area contributed by atoms with Crippen LogP contribution in [0, 0.1) is 11.8 Å². The van der Waals surface area contributed by atoms with Crippen LogP contribution in [0.4, 0.5) is 0 Å². The van der Waals surface area contributed by atoms with Gasteiger partial charge in [-0.3, -0.25) is 0 Å². The molecule has 0 radical (unpaired) electrons. The molecule has 2 saturated carbocycles. The molecule has 0 aromatic carbocycles. The van der Waals surface area contributed by atoms with Crippen molar-refractivity contribution in [3.8, 4) is 0 Å². The number of nitrogens with one attached hydrogen (secondary N) is 2. The summed E-state index contributed by atoms with van der Waals surface area (Å²) in [6.07, 6.45) is 13.9. The summed E-state index contributed by atoms with van der Waals surface area (Å²) in [4.78, 5) is 0. The molecule has 118 valence electrons. The summed E-state index contributed by atoms with van der Waals surface area (Å²) < 4.78 is 0. The lowest BCUT2D eigenvalue weighted by atomic mass is 9.82. The molecule has 0 atom stereocenters. The van der Waals surface area contributed by atoms with E-state index in [2.05, 4.69) is 10.6 Å². The Kier molecular flexibility index (Phi) is 7.92. The average Bonchev–Trinajstić information content (AvgIpc) is 2.52. The number of hydrogen-bond donors (Lipinski definition) is 3. The molecule has 2 rings (SSSR count). The minimum Gasteiger partial charge on any atom is -0.330 e. The Bertz CT molecular complexity index is 230. The van der Waals surface area contributed by atoms with Gasteiger partial charge >= 0.3 is 0 Å². The molecule has 0 aromatic heterocycles. The van der Waals surface area contributed by atoms with Gasteiger partial charge in [-0.25, -0.2) is 0 Å². The smallest absolute Gasteiger partial charge is 0.00670 e. The maximum atomic E-state index is 5.74. The van der Waals surface area contributed by atoms with Crippen molar-refractivity contribution in [1.82, 2.24) is 10.6 Å².